The van der Waals surface area contributed by atoms with Gasteiger partial charge >= 0.3 is 0 Å². The van der Waals surface area contributed by atoms with Crippen molar-refractivity contribution >= 4 is 10.0 Å². The Morgan fingerprint density at radius 1 is 1.25 bits per heavy atom. The number of benzene rings is 1. The van der Waals surface area contributed by atoms with Crippen molar-refractivity contribution in [2.24, 2.45) is 0 Å². The average Bonchev–Trinajstić information content (AvgIpc) is 2.61. The van der Waals surface area contributed by atoms with Crippen LogP contribution in [0.3, 0.4) is 0 Å². The van der Waals surface area contributed by atoms with E-state index in [1.807, 2.05) is 31.2 Å². The van der Waals surface area contributed by atoms with E-state index in [-0.39, 0.29) is 6.10 Å². The Kier molecular flexibility index (Phi) is 5.28. The average molecular weight is 346 g/mol. The molecule has 0 amide bonds. The molecule has 2 heterocycles. The highest BCUT2D eigenvalue weighted by Gasteiger charge is 2.30. The summed E-state index contributed by atoms with van der Waals surface area (Å²) < 4.78 is 33.1. The Hall–Kier alpha value is -1.76. The number of ether oxygens (including phenoxy) is 1. The van der Waals surface area contributed by atoms with E-state index in [9.17, 15) is 8.42 Å². The molecule has 128 valence electrons. The van der Waals surface area contributed by atoms with Crippen molar-refractivity contribution in [3.8, 4) is 0 Å². The topological polar surface area (TPSA) is 59.5 Å². The lowest BCUT2D eigenvalue weighted by atomic mass is 10.1. The van der Waals surface area contributed by atoms with E-state index >= 15 is 0 Å². The van der Waals surface area contributed by atoms with Crippen LogP contribution in [0.1, 0.15) is 24.1 Å². The highest BCUT2D eigenvalue weighted by molar-refractivity contribution is 7.89. The molecule has 1 aliphatic rings. The smallest absolute Gasteiger partial charge is 0.243 e. The van der Waals surface area contributed by atoms with Gasteiger partial charge in [-0.05, 0) is 49.6 Å². The van der Waals surface area contributed by atoms with Gasteiger partial charge in [0.1, 0.15) is 0 Å². The van der Waals surface area contributed by atoms with Gasteiger partial charge in [-0.1, -0.05) is 18.2 Å². The number of piperidine rings is 1. The largest absolute Gasteiger partial charge is 0.371 e. The Labute approximate surface area is 143 Å². The summed E-state index contributed by atoms with van der Waals surface area (Å²) >= 11 is 0. The molecule has 1 aromatic carbocycles. The van der Waals surface area contributed by atoms with Gasteiger partial charge in [-0.15, -0.1) is 0 Å². The predicted octanol–water partition coefficient (Wildman–Crippen LogP) is 2.76. The lowest BCUT2D eigenvalue weighted by Gasteiger charge is -2.31. The molecule has 1 fully saturated rings. The lowest BCUT2D eigenvalue weighted by molar-refractivity contribution is 0.00666. The first-order chi connectivity index (χ1) is 11.6. The molecule has 1 aliphatic heterocycles. The van der Waals surface area contributed by atoms with Crippen LogP contribution in [0.4, 0.5) is 0 Å². The van der Waals surface area contributed by atoms with Gasteiger partial charge in [0.25, 0.3) is 0 Å². The highest BCUT2D eigenvalue weighted by atomic mass is 32.2. The van der Waals surface area contributed by atoms with Crippen LogP contribution in [0.25, 0.3) is 0 Å². The van der Waals surface area contributed by atoms with Crippen molar-refractivity contribution in [1.29, 1.82) is 0 Å². The summed E-state index contributed by atoms with van der Waals surface area (Å²) in [5, 5.41) is 0. The second kappa shape index (κ2) is 7.42. The molecule has 5 nitrogen and oxygen atoms in total. The first kappa shape index (κ1) is 17.1. The molecule has 0 aliphatic carbocycles. The second-order valence-electron chi connectivity index (χ2n) is 6.08. The highest BCUT2D eigenvalue weighted by Crippen LogP contribution is 2.23. The standard InChI is InChI=1S/C18H22N2O3S/c1-15-6-4-9-18(12-15)24(21,22)20-11-5-8-17(13-20)23-14-16-7-2-3-10-19-16/h2-4,6-7,9-10,12,17H,5,8,11,13-14H2,1H3. The van der Waals surface area contributed by atoms with Crippen molar-refractivity contribution in [2.45, 2.75) is 37.4 Å². The van der Waals surface area contributed by atoms with E-state index < -0.39 is 10.0 Å². The third-order valence-corrected chi connectivity index (χ3v) is 6.02. The van der Waals surface area contributed by atoms with Gasteiger partial charge in [-0.25, -0.2) is 8.42 Å². The Morgan fingerprint density at radius 2 is 2.12 bits per heavy atom. The van der Waals surface area contributed by atoms with Crippen molar-refractivity contribution < 1.29 is 13.2 Å². The summed E-state index contributed by atoms with van der Waals surface area (Å²) in [6, 6.07) is 12.7. The number of hydrogen-bond donors (Lipinski definition) is 0. The zero-order valence-corrected chi connectivity index (χ0v) is 14.6. The number of sulfonamides is 1. The Morgan fingerprint density at radius 3 is 2.88 bits per heavy atom. The van der Waals surface area contributed by atoms with Crippen molar-refractivity contribution in [3.05, 3.63) is 59.9 Å². The quantitative estimate of drug-likeness (QED) is 0.835. The fraction of sp³-hybridized carbons (Fsp3) is 0.389. The van der Waals surface area contributed by atoms with Gasteiger partial charge in [-0.2, -0.15) is 4.31 Å². The molecule has 1 atom stereocenters. The van der Waals surface area contributed by atoms with Crippen LogP contribution in [0.15, 0.2) is 53.6 Å². The zero-order valence-electron chi connectivity index (χ0n) is 13.8. The summed E-state index contributed by atoms with van der Waals surface area (Å²) in [7, 11) is -3.46. The first-order valence-corrected chi connectivity index (χ1v) is 9.58. The maximum Gasteiger partial charge on any atom is 0.243 e. The summed E-state index contributed by atoms with van der Waals surface area (Å²) in [5.74, 6) is 0. The normalized spacial score (nSPS) is 19.3. The SMILES string of the molecule is Cc1cccc(S(=O)(=O)N2CCCC(OCc3ccccn3)C2)c1. The number of nitrogens with zero attached hydrogens (tertiary/aromatic N) is 2. The van der Waals surface area contributed by atoms with Gasteiger partial charge in [-0.3, -0.25) is 4.98 Å². The number of hydrogen-bond acceptors (Lipinski definition) is 4. The molecule has 0 bridgehead atoms. The van der Waals surface area contributed by atoms with Crippen LogP contribution in [0.2, 0.25) is 0 Å². The summed E-state index contributed by atoms with van der Waals surface area (Å²) in [5.41, 5.74) is 1.80. The molecule has 1 aromatic heterocycles. The number of aryl methyl sites for hydroxylation is 1. The maximum absolute atomic E-state index is 12.8. The molecular weight excluding hydrogens is 324 g/mol. The van der Waals surface area contributed by atoms with Crippen molar-refractivity contribution in [1.82, 2.24) is 9.29 Å². The third-order valence-electron chi connectivity index (χ3n) is 4.16. The minimum atomic E-state index is -3.46. The van der Waals surface area contributed by atoms with Gasteiger partial charge < -0.3 is 4.74 Å². The molecule has 0 spiro atoms. The minimum Gasteiger partial charge on any atom is -0.371 e. The molecule has 6 heteroatoms. The molecule has 2 aromatic rings. The van der Waals surface area contributed by atoms with E-state index in [0.717, 1.165) is 24.1 Å². The van der Waals surface area contributed by atoms with Crippen LogP contribution in [0, 0.1) is 6.92 Å². The zero-order chi connectivity index (χ0) is 17.0. The number of aromatic nitrogens is 1. The van der Waals surface area contributed by atoms with Crippen LogP contribution in [-0.2, 0) is 21.4 Å². The summed E-state index contributed by atoms with van der Waals surface area (Å²) in [4.78, 5) is 4.59. The Bertz CT molecular complexity index is 778. The third kappa shape index (κ3) is 4.01. The fourth-order valence-corrected chi connectivity index (χ4v) is 4.49. The Balaban J connectivity index is 1.66. The molecule has 1 unspecified atom stereocenters. The van der Waals surface area contributed by atoms with Gasteiger partial charge in [0.2, 0.25) is 10.0 Å². The molecule has 0 radical (unpaired) electrons. The van der Waals surface area contributed by atoms with Gasteiger partial charge in [0, 0.05) is 19.3 Å². The van der Waals surface area contributed by atoms with Crippen LogP contribution in [-0.4, -0.2) is 36.9 Å². The van der Waals surface area contributed by atoms with Crippen LogP contribution < -0.4 is 0 Å². The minimum absolute atomic E-state index is 0.0969. The molecule has 0 saturated carbocycles. The predicted molar refractivity (Wildman–Crippen MR) is 92.0 cm³/mol. The van der Waals surface area contributed by atoms with E-state index in [2.05, 4.69) is 4.98 Å². The van der Waals surface area contributed by atoms with E-state index in [1.54, 1.807) is 24.4 Å². The first-order valence-electron chi connectivity index (χ1n) is 8.14. The van der Waals surface area contributed by atoms with E-state index in [0.29, 0.717) is 24.6 Å². The van der Waals surface area contributed by atoms with Crippen LogP contribution >= 0.6 is 0 Å². The van der Waals surface area contributed by atoms with Gasteiger partial charge in [0.05, 0.1) is 23.3 Å². The molecule has 1 saturated heterocycles. The molecule has 0 N–H and O–H groups in total. The van der Waals surface area contributed by atoms with Crippen molar-refractivity contribution in [3.63, 3.8) is 0 Å². The molecule has 24 heavy (non-hydrogen) atoms. The monoisotopic (exact) mass is 346 g/mol. The summed E-state index contributed by atoms with van der Waals surface area (Å²) in [6.07, 6.45) is 3.30. The fourth-order valence-electron chi connectivity index (χ4n) is 2.87. The van der Waals surface area contributed by atoms with E-state index in [4.69, 9.17) is 4.74 Å². The van der Waals surface area contributed by atoms with Crippen molar-refractivity contribution in [2.75, 3.05) is 13.1 Å². The maximum atomic E-state index is 12.8. The second-order valence-corrected chi connectivity index (χ2v) is 8.01. The molecular formula is C18H22N2O3S. The number of rotatable bonds is 5. The van der Waals surface area contributed by atoms with Crippen LogP contribution in [0.5, 0.6) is 0 Å². The molecule has 3 rings (SSSR count). The lowest BCUT2D eigenvalue weighted by Crippen LogP contribution is -2.43. The van der Waals surface area contributed by atoms with E-state index in [1.165, 1.54) is 4.31 Å². The summed E-state index contributed by atoms with van der Waals surface area (Å²) in [6.45, 7) is 3.24. The number of pyridine rings is 1. The van der Waals surface area contributed by atoms with Gasteiger partial charge in [0.15, 0.2) is 0 Å².